The van der Waals surface area contributed by atoms with Gasteiger partial charge in [0.05, 0.1) is 11.7 Å². The Morgan fingerprint density at radius 2 is 2.11 bits per heavy atom. The van der Waals surface area contributed by atoms with Crippen LogP contribution >= 0.6 is 22.6 Å². The van der Waals surface area contributed by atoms with Crippen molar-refractivity contribution < 1.29 is 15.0 Å². The first-order valence-electron chi connectivity index (χ1n) is 6.52. The van der Waals surface area contributed by atoms with E-state index in [0.717, 1.165) is 29.3 Å². The number of phenolic OH excluding ortho intramolecular Hbond substituents is 1. The van der Waals surface area contributed by atoms with Gasteiger partial charge in [0.1, 0.15) is 5.75 Å². The normalized spacial score (nSPS) is 23.1. The highest BCUT2D eigenvalue weighted by atomic mass is 127. The molecule has 0 bridgehead atoms. The quantitative estimate of drug-likeness (QED) is 0.710. The summed E-state index contributed by atoms with van der Waals surface area (Å²) in [6.07, 6.45) is 3.60. The van der Waals surface area contributed by atoms with E-state index in [1.165, 1.54) is 6.07 Å². The fraction of sp³-hybridized carbons (Fsp3) is 0.500. The number of carbonyl (C=O) groups is 1. The predicted molar refractivity (Wildman–Crippen MR) is 81.1 cm³/mol. The molecule has 0 aromatic heterocycles. The molecule has 1 saturated carbocycles. The van der Waals surface area contributed by atoms with Crippen LogP contribution in [0.15, 0.2) is 18.2 Å². The highest BCUT2D eigenvalue weighted by molar-refractivity contribution is 14.1. The summed E-state index contributed by atoms with van der Waals surface area (Å²) in [6, 6.07) is 4.92. The van der Waals surface area contributed by atoms with E-state index in [-0.39, 0.29) is 29.2 Å². The molecule has 0 saturated heterocycles. The average Bonchev–Trinajstić information content (AvgIpc) is 2.40. The number of amides is 1. The zero-order chi connectivity index (χ0) is 13.8. The monoisotopic (exact) mass is 375 g/mol. The molecule has 19 heavy (non-hydrogen) atoms. The molecule has 1 aromatic rings. The van der Waals surface area contributed by atoms with Crippen molar-refractivity contribution >= 4 is 28.5 Å². The highest BCUT2D eigenvalue weighted by Gasteiger charge is 2.23. The van der Waals surface area contributed by atoms with Crippen LogP contribution in [0, 0.1) is 9.49 Å². The molecule has 1 aliphatic carbocycles. The van der Waals surface area contributed by atoms with Crippen LogP contribution in [0.1, 0.15) is 36.0 Å². The summed E-state index contributed by atoms with van der Waals surface area (Å²) in [7, 11) is 0. The Hall–Kier alpha value is -0.820. The molecule has 3 N–H and O–H groups in total. The molecule has 2 rings (SSSR count). The van der Waals surface area contributed by atoms with Gasteiger partial charge in [-0.25, -0.2) is 0 Å². The Balaban J connectivity index is 1.95. The zero-order valence-corrected chi connectivity index (χ0v) is 12.8. The van der Waals surface area contributed by atoms with Gasteiger partial charge in [0.15, 0.2) is 0 Å². The van der Waals surface area contributed by atoms with Crippen LogP contribution in [-0.4, -0.2) is 28.8 Å². The summed E-state index contributed by atoms with van der Waals surface area (Å²) in [6.45, 7) is 0.463. The smallest absolute Gasteiger partial charge is 0.255 e. The van der Waals surface area contributed by atoms with Crippen molar-refractivity contribution in [2.24, 2.45) is 5.92 Å². The molecule has 2 unspecified atom stereocenters. The maximum absolute atomic E-state index is 12.0. The van der Waals surface area contributed by atoms with Crippen molar-refractivity contribution in [2.45, 2.75) is 31.8 Å². The largest absolute Gasteiger partial charge is 0.507 e. The minimum atomic E-state index is -0.321. The molecule has 0 spiro atoms. The lowest BCUT2D eigenvalue weighted by Gasteiger charge is -2.27. The molecule has 4 nitrogen and oxygen atoms in total. The number of aliphatic hydroxyl groups excluding tert-OH is 1. The van der Waals surface area contributed by atoms with Crippen LogP contribution < -0.4 is 5.32 Å². The molecule has 1 amide bonds. The number of hydrogen-bond donors (Lipinski definition) is 3. The van der Waals surface area contributed by atoms with Gasteiger partial charge in [-0.15, -0.1) is 0 Å². The van der Waals surface area contributed by atoms with Crippen molar-refractivity contribution in [1.29, 1.82) is 0 Å². The summed E-state index contributed by atoms with van der Waals surface area (Å²) >= 11 is 2.10. The Kier molecular flexibility index (Phi) is 5.04. The first-order chi connectivity index (χ1) is 9.08. The van der Waals surface area contributed by atoms with Gasteiger partial charge in [0.25, 0.3) is 5.91 Å². The van der Waals surface area contributed by atoms with Gasteiger partial charge in [0, 0.05) is 16.0 Å². The first kappa shape index (κ1) is 14.6. The summed E-state index contributed by atoms with van der Waals surface area (Å²) in [5.41, 5.74) is 0.289. The lowest BCUT2D eigenvalue weighted by molar-refractivity contribution is 0.0662. The average molecular weight is 375 g/mol. The van der Waals surface area contributed by atoms with Crippen LogP contribution in [0.3, 0.4) is 0 Å². The van der Waals surface area contributed by atoms with Gasteiger partial charge in [-0.05, 0) is 53.6 Å². The molecule has 2 atom stereocenters. The van der Waals surface area contributed by atoms with Crippen molar-refractivity contribution in [1.82, 2.24) is 5.32 Å². The molecule has 104 valence electrons. The number of carbonyl (C=O) groups excluding carboxylic acids is 1. The van der Waals surface area contributed by atoms with Crippen LogP contribution in [0.25, 0.3) is 0 Å². The molecule has 1 aliphatic rings. The summed E-state index contributed by atoms with van der Waals surface area (Å²) in [4.78, 5) is 12.0. The summed E-state index contributed by atoms with van der Waals surface area (Å²) < 4.78 is 0.901. The zero-order valence-electron chi connectivity index (χ0n) is 10.6. The van der Waals surface area contributed by atoms with E-state index in [1.807, 2.05) is 0 Å². The van der Waals surface area contributed by atoms with Gasteiger partial charge in [0.2, 0.25) is 0 Å². The topological polar surface area (TPSA) is 69.6 Å². The standard InChI is InChI=1S/C14H18INO3/c15-10-5-6-13(18)11(7-10)14(19)16-8-9-3-1-2-4-12(9)17/h5-7,9,12,17-18H,1-4,8H2,(H,16,19). The lowest BCUT2D eigenvalue weighted by Crippen LogP contribution is -2.36. The number of nitrogens with one attached hydrogen (secondary N) is 1. The maximum Gasteiger partial charge on any atom is 0.255 e. The third kappa shape index (κ3) is 3.82. The number of aliphatic hydroxyl groups is 1. The van der Waals surface area contributed by atoms with E-state index in [0.29, 0.717) is 6.54 Å². The minimum absolute atomic E-state index is 0.0119. The molecular weight excluding hydrogens is 357 g/mol. The molecule has 0 aliphatic heterocycles. The lowest BCUT2D eigenvalue weighted by atomic mass is 9.86. The third-order valence-corrected chi connectivity index (χ3v) is 4.27. The number of rotatable bonds is 3. The summed E-state index contributed by atoms with van der Waals surface area (Å²) in [5, 5.41) is 22.3. The summed E-state index contributed by atoms with van der Waals surface area (Å²) in [5.74, 6) is -0.168. The van der Waals surface area contributed by atoms with E-state index >= 15 is 0 Å². The molecule has 5 heteroatoms. The molecule has 0 radical (unpaired) electrons. The van der Waals surface area contributed by atoms with Crippen LogP contribution in [0.5, 0.6) is 5.75 Å². The SMILES string of the molecule is O=C(NCC1CCCCC1O)c1cc(I)ccc1O. The van der Waals surface area contributed by atoms with Gasteiger partial charge >= 0.3 is 0 Å². The number of hydrogen-bond acceptors (Lipinski definition) is 3. The van der Waals surface area contributed by atoms with Gasteiger partial charge < -0.3 is 15.5 Å². The second-order valence-corrected chi connectivity index (χ2v) is 6.23. The van der Waals surface area contributed by atoms with Crippen LogP contribution in [0.2, 0.25) is 0 Å². The van der Waals surface area contributed by atoms with Crippen molar-refractivity contribution in [3.63, 3.8) is 0 Å². The Labute approximate surface area is 126 Å². The van der Waals surface area contributed by atoms with Crippen molar-refractivity contribution in [2.75, 3.05) is 6.54 Å². The molecule has 1 fully saturated rings. The molecule has 1 aromatic carbocycles. The Bertz CT molecular complexity index is 464. The van der Waals surface area contributed by atoms with Gasteiger partial charge in [-0.1, -0.05) is 12.8 Å². The van der Waals surface area contributed by atoms with Crippen LogP contribution in [-0.2, 0) is 0 Å². The fourth-order valence-corrected chi connectivity index (χ4v) is 2.93. The fourth-order valence-electron chi connectivity index (χ4n) is 2.44. The van der Waals surface area contributed by atoms with E-state index < -0.39 is 0 Å². The second kappa shape index (κ2) is 6.56. The third-order valence-electron chi connectivity index (χ3n) is 3.60. The van der Waals surface area contributed by atoms with E-state index in [4.69, 9.17) is 0 Å². The van der Waals surface area contributed by atoms with Gasteiger partial charge in [-0.3, -0.25) is 4.79 Å². The number of benzene rings is 1. The molecule has 0 heterocycles. The van der Waals surface area contributed by atoms with Crippen molar-refractivity contribution in [3.8, 4) is 5.75 Å². The van der Waals surface area contributed by atoms with E-state index in [9.17, 15) is 15.0 Å². The number of phenols is 1. The highest BCUT2D eigenvalue weighted by Crippen LogP contribution is 2.24. The number of halogens is 1. The predicted octanol–water partition coefficient (Wildman–Crippen LogP) is 2.28. The Morgan fingerprint density at radius 1 is 1.37 bits per heavy atom. The van der Waals surface area contributed by atoms with Crippen molar-refractivity contribution in [3.05, 3.63) is 27.3 Å². The van der Waals surface area contributed by atoms with E-state index in [2.05, 4.69) is 27.9 Å². The first-order valence-corrected chi connectivity index (χ1v) is 7.60. The molecular formula is C14H18INO3. The van der Waals surface area contributed by atoms with Gasteiger partial charge in [-0.2, -0.15) is 0 Å². The number of aromatic hydroxyl groups is 1. The van der Waals surface area contributed by atoms with E-state index in [1.54, 1.807) is 12.1 Å². The van der Waals surface area contributed by atoms with Crippen LogP contribution in [0.4, 0.5) is 0 Å². The minimum Gasteiger partial charge on any atom is -0.507 e. The maximum atomic E-state index is 12.0. The Morgan fingerprint density at radius 3 is 2.84 bits per heavy atom. The second-order valence-electron chi connectivity index (χ2n) is 4.98.